The van der Waals surface area contributed by atoms with E-state index in [1.807, 2.05) is 41.3 Å². The molecule has 2 aromatic rings. The summed E-state index contributed by atoms with van der Waals surface area (Å²) in [4.78, 5) is 14.6. The third-order valence-electron chi connectivity index (χ3n) is 4.34. The highest BCUT2D eigenvalue weighted by Crippen LogP contribution is 2.22. The van der Waals surface area contributed by atoms with Gasteiger partial charge in [-0.1, -0.05) is 30.3 Å². The number of hydrogen-bond acceptors (Lipinski definition) is 2. The molecule has 110 valence electrons. The van der Waals surface area contributed by atoms with Crippen molar-refractivity contribution in [2.24, 2.45) is 5.92 Å². The van der Waals surface area contributed by atoms with E-state index in [1.165, 1.54) is 0 Å². The Kier molecular flexibility index (Phi) is 4.20. The lowest BCUT2D eigenvalue weighted by Gasteiger charge is -2.32. The van der Waals surface area contributed by atoms with Crippen molar-refractivity contribution >= 4 is 16.7 Å². The number of aliphatic hydroxyl groups is 1. The predicted octanol–water partition coefficient (Wildman–Crippen LogP) is 3.07. The Balaban J connectivity index is 1.79. The molecule has 1 aliphatic rings. The van der Waals surface area contributed by atoms with Crippen molar-refractivity contribution in [3.05, 3.63) is 48.0 Å². The van der Waals surface area contributed by atoms with Gasteiger partial charge in [-0.2, -0.15) is 0 Å². The summed E-state index contributed by atoms with van der Waals surface area (Å²) in [6, 6.07) is 14.0. The van der Waals surface area contributed by atoms with E-state index in [0.29, 0.717) is 5.92 Å². The Labute approximate surface area is 125 Å². The van der Waals surface area contributed by atoms with Crippen LogP contribution in [-0.4, -0.2) is 35.6 Å². The molecule has 1 saturated heterocycles. The minimum atomic E-state index is 0.114. The molecule has 0 bridgehead atoms. The molecule has 0 aliphatic carbocycles. The summed E-state index contributed by atoms with van der Waals surface area (Å²) in [5, 5.41) is 11.3. The number of benzene rings is 2. The molecular weight excluding hydrogens is 262 g/mol. The van der Waals surface area contributed by atoms with Crippen LogP contribution in [0.3, 0.4) is 0 Å². The van der Waals surface area contributed by atoms with E-state index in [0.717, 1.165) is 48.7 Å². The Bertz CT molecular complexity index is 636. The first kappa shape index (κ1) is 14.1. The van der Waals surface area contributed by atoms with E-state index in [4.69, 9.17) is 5.11 Å². The number of carbonyl (C=O) groups is 1. The molecule has 0 radical (unpaired) electrons. The zero-order chi connectivity index (χ0) is 14.7. The van der Waals surface area contributed by atoms with Crippen LogP contribution < -0.4 is 0 Å². The molecule has 1 aliphatic heterocycles. The maximum atomic E-state index is 12.7. The van der Waals surface area contributed by atoms with Gasteiger partial charge in [-0.25, -0.2) is 0 Å². The van der Waals surface area contributed by atoms with Gasteiger partial charge in [0.2, 0.25) is 0 Å². The predicted molar refractivity (Wildman–Crippen MR) is 84.3 cm³/mol. The first-order chi connectivity index (χ1) is 10.3. The number of likely N-dealkylation sites (tertiary alicyclic amines) is 1. The molecule has 3 nitrogen and oxygen atoms in total. The van der Waals surface area contributed by atoms with Gasteiger partial charge < -0.3 is 10.0 Å². The number of nitrogens with zero attached hydrogens (tertiary/aromatic N) is 1. The number of rotatable bonds is 3. The number of amides is 1. The lowest BCUT2D eigenvalue weighted by Crippen LogP contribution is -2.40. The number of piperidine rings is 1. The van der Waals surface area contributed by atoms with Gasteiger partial charge in [0, 0.05) is 25.3 Å². The normalized spacial score (nSPS) is 18.9. The van der Waals surface area contributed by atoms with Gasteiger partial charge in [-0.05, 0) is 48.1 Å². The van der Waals surface area contributed by atoms with Gasteiger partial charge >= 0.3 is 0 Å². The fourth-order valence-electron chi connectivity index (χ4n) is 3.17. The number of hydrogen-bond donors (Lipinski definition) is 1. The van der Waals surface area contributed by atoms with Crippen molar-refractivity contribution < 1.29 is 9.90 Å². The van der Waals surface area contributed by atoms with Crippen LogP contribution in [0.4, 0.5) is 0 Å². The van der Waals surface area contributed by atoms with Gasteiger partial charge in [-0.3, -0.25) is 4.79 Å². The van der Waals surface area contributed by atoms with Gasteiger partial charge in [0.15, 0.2) is 0 Å². The van der Waals surface area contributed by atoms with Crippen molar-refractivity contribution in [1.29, 1.82) is 0 Å². The van der Waals surface area contributed by atoms with Crippen LogP contribution in [0.25, 0.3) is 10.8 Å². The zero-order valence-electron chi connectivity index (χ0n) is 12.2. The maximum Gasteiger partial charge on any atom is 0.253 e. The molecule has 3 rings (SSSR count). The van der Waals surface area contributed by atoms with Crippen LogP contribution in [0.2, 0.25) is 0 Å². The second kappa shape index (κ2) is 6.27. The average molecular weight is 283 g/mol. The monoisotopic (exact) mass is 283 g/mol. The maximum absolute atomic E-state index is 12.7. The topological polar surface area (TPSA) is 40.5 Å². The molecule has 1 unspecified atom stereocenters. The highest BCUT2D eigenvalue weighted by Gasteiger charge is 2.24. The first-order valence-electron chi connectivity index (χ1n) is 7.67. The van der Waals surface area contributed by atoms with E-state index in [9.17, 15) is 4.79 Å². The molecule has 3 heteroatoms. The zero-order valence-corrected chi connectivity index (χ0v) is 12.2. The lowest BCUT2D eigenvalue weighted by atomic mass is 9.94. The Hall–Kier alpha value is -1.87. The Morgan fingerprint density at radius 2 is 2.00 bits per heavy atom. The lowest BCUT2D eigenvalue weighted by molar-refractivity contribution is 0.0654. The largest absolute Gasteiger partial charge is 0.396 e. The Morgan fingerprint density at radius 3 is 2.81 bits per heavy atom. The van der Waals surface area contributed by atoms with E-state index in [-0.39, 0.29) is 12.5 Å². The minimum Gasteiger partial charge on any atom is -0.396 e. The van der Waals surface area contributed by atoms with Crippen LogP contribution in [0.5, 0.6) is 0 Å². The minimum absolute atomic E-state index is 0.114. The molecule has 1 heterocycles. The van der Waals surface area contributed by atoms with Gasteiger partial charge in [0.1, 0.15) is 0 Å². The van der Waals surface area contributed by atoms with E-state index >= 15 is 0 Å². The molecule has 21 heavy (non-hydrogen) atoms. The second-order valence-electron chi connectivity index (χ2n) is 5.83. The van der Waals surface area contributed by atoms with Gasteiger partial charge in [0.25, 0.3) is 5.91 Å². The second-order valence-corrected chi connectivity index (χ2v) is 5.83. The molecule has 1 amide bonds. The van der Waals surface area contributed by atoms with Crippen molar-refractivity contribution in [2.45, 2.75) is 19.3 Å². The smallest absolute Gasteiger partial charge is 0.253 e. The number of fused-ring (bicyclic) bond motifs is 1. The quantitative estimate of drug-likeness (QED) is 0.940. The molecular formula is C18H21NO2. The molecule has 2 aromatic carbocycles. The van der Waals surface area contributed by atoms with Crippen molar-refractivity contribution in [3.63, 3.8) is 0 Å². The van der Waals surface area contributed by atoms with Crippen molar-refractivity contribution in [3.8, 4) is 0 Å². The Morgan fingerprint density at radius 1 is 1.19 bits per heavy atom. The third-order valence-corrected chi connectivity index (χ3v) is 4.34. The molecule has 0 saturated carbocycles. The summed E-state index contributed by atoms with van der Waals surface area (Å²) in [5.74, 6) is 0.552. The summed E-state index contributed by atoms with van der Waals surface area (Å²) in [6.45, 7) is 1.81. The van der Waals surface area contributed by atoms with Crippen LogP contribution in [0.1, 0.15) is 29.6 Å². The summed E-state index contributed by atoms with van der Waals surface area (Å²) < 4.78 is 0. The molecule has 1 fully saturated rings. The van der Waals surface area contributed by atoms with E-state index < -0.39 is 0 Å². The first-order valence-corrected chi connectivity index (χ1v) is 7.67. The van der Waals surface area contributed by atoms with Gasteiger partial charge in [0.05, 0.1) is 0 Å². The SMILES string of the molecule is O=C(c1ccc2ccccc2c1)N1CCCC(CCO)C1. The summed E-state index contributed by atoms with van der Waals surface area (Å²) in [7, 11) is 0. The van der Waals surface area contributed by atoms with Gasteiger partial charge in [-0.15, -0.1) is 0 Å². The van der Waals surface area contributed by atoms with Crippen LogP contribution in [0.15, 0.2) is 42.5 Å². The van der Waals surface area contributed by atoms with Crippen LogP contribution in [-0.2, 0) is 0 Å². The molecule has 0 spiro atoms. The standard InChI is InChI=1S/C18H21NO2/c20-11-9-14-4-3-10-19(13-14)18(21)17-8-7-15-5-1-2-6-16(15)12-17/h1-2,5-8,12,14,20H,3-4,9-11,13H2. The highest BCUT2D eigenvalue weighted by atomic mass is 16.3. The van der Waals surface area contributed by atoms with Crippen molar-refractivity contribution in [1.82, 2.24) is 4.90 Å². The van der Waals surface area contributed by atoms with E-state index in [2.05, 4.69) is 6.07 Å². The van der Waals surface area contributed by atoms with Crippen molar-refractivity contribution in [2.75, 3.05) is 19.7 Å². The summed E-state index contributed by atoms with van der Waals surface area (Å²) >= 11 is 0. The molecule has 0 aromatic heterocycles. The third kappa shape index (κ3) is 3.08. The molecule has 1 N–H and O–H groups in total. The van der Waals surface area contributed by atoms with Crippen LogP contribution >= 0.6 is 0 Å². The fourth-order valence-corrected chi connectivity index (χ4v) is 3.17. The van der Waals surface area contributed by atoms with E-state index in [1.54, 1.807) is 0 Å². The average Bonchev–Trinajstić information content (AvgIpc) is 2.54. The summed E-state index contributed by atoms with van der Waals surface area (Å²) in [6.07, 6.45) is 2.94. The highest BCUT2D eigenvalue weighted by molar-refractivity contribution is 5.98. The fraction of sp³-hybridized carbons (Fsp3) is 0.389. The summed E-state index contributed by atoms with van der Waals surface area (Å²) in [5.41, 5.74) is 0.762. The number of aliphatic hydroxyl groups excluding tert-OH is 1. The number of carbonyl (C=O) groups excluding carboxylic acids is 1. The van der Waals surface area contributed by atoms with Crippen LogP contribution in [0, 0.1) is 5.92 Å². The molecule has 1 atom stereocenters.